The fraction of sp³-hybridized carbons (Fsp3) is 0.762. The molecule has 128 valence electrons. The van der Waals surface area contributed by atoms with Crippen molar-refractivity contribution in [2.45, 2.75) is 104 Å². The van der Waals surface area contributed by atoms with Crippen LogP contribution in [-0.2, 0) is 4.79 Å². The highest BCUT2D eigenvalue weighted by atomic mass is 16.1. The highest BCUT2D eigenvalue weighted by Gasteiger charge is 1.91. The van der Waals surface area contributed by atoms with Gasteiger partial charge in [-0.15, -0.1) is 0 Å². The predicted molar refractivity (Wildman–Crippen MR) is 99.3 cm³/mol. The highest BCUT2D eigenvalue weighted by molar-refractivity contribution is 5.99. The lowest BCUT2D eigenvalue weighted by Gasteiger charge is -1.97. The molecule has 0 saturated carbocycles. The van der Waals surface area contributed by atoms with Crippen molar-refractivity contribution < 1.29 is 4.79 Å². The van der Waals surface area contributed by atoms with Crippen LogP contribution in [0.5, 0.6) is 0 Å². The molecule has 0 heterocycles. The van der Waals surface area contributed by atoms with Crippen molar-refractivity contribution in [3.05, 3.63) is 24.3 Å². The van der Waals surface area contributed by atoms with Crippen molar-refractivity contribution in [1.82, 2.24) is 0 Å². The number of hydrogen-bond donors (Lipinski definition) is 0. The summed E-state index contributed by atoms with van der Waals surface area (Å²) in [6, 6.07) is 0. The molecule has 0 radical (unpaired) electrons. The molecule has 0 rings (SSSR count). The van der Waals surface area contributed by atoms with Gasteiger partial charge in [0.05, 0.1) is 0 Å². The minimum Gasteiger partial charge on any atom is -0.290 e. The minimum absolute atomic E-state index is 0.150. The molecule has 0 saturated heterocycles. The van der Waals surface area contributed by atoms with Crippen molar-refractivity contribution in [2.24, 2.45) is 0 Å². The maximum atomic E-state index is 11.6. The SMILES string of the molecule is CCCCCCCC/C=C/C(=O)/C=C/CCCCCCCC. The van der Waals surface area contributed by atoms with E-state index >= 15 is 0 Å². The number of allylic oxidation sites excluding steroid dienone is 4. The van der Waals surface area contributed by atoms with E-state index in [0.29, 0.717) is 0 Å². The average molecular weight is 307 g/mol. The van der Waals surface area contributed by atoms with Gasteiger partial charge in [-0.3, -0.25) is 4.79 Å². The molecule has 0 amide bonds. The second-order valence-electron chi connectivity index (χ2n) is 6.32. The van der Waals surface area contributed by atoms with Crippen LogP contribution in [0.15, 0.2) is 24.3 Å². The summed E-state index contributed by atoms with van der Waals surface area (Å²) in [6.45, 7) is 4.49. The van der Waals surface area contributed by atoms with Crippen LogP contribution in [0.2, 0.25) is 0 Å². The van der Waals surface area contributed by atoms with E-state index in [1.807, 2.05) is 12.2 Å². The third kappa shape index (κ3) is 17.2. The predicted octanol–water partition coefficient (Wildman–Crippen LogP) is 7.17. The van der Waals surface area contributed by atoms with Gasteiger partial charge >= 0.3 is 0 Å². The molecule has 0 aromatic carbocycles. The molecule has 0 atom stereocenters. The number of ketones is 1. The Hall–Kier alpha value is -0.850. The number of hydrogen-bond acceptors (Lipinski definition) is 1. The monoisotopic (exact) mass is 306 g/mol. The lowest BCUT2D eigenvalue weighted by atomic mass is 10.1. The molecule has 1 heteroatoms. The Morgan fingerprint density at radius 2 is 0.955 bits per heavy atom. The maximum absolute atomic E-state index is 11.6. The van der Waals surface area contributed by atoms with Gasteiger partial charge in [-0.2, -0.15) is 0 Å². The van der Waals surface area contributed by atoms with Crippen LogP contribution >= 0.6 is 0 Å². The van der Waals surface area contributed by atoms with Gasteiger partial charge in [0.2, 0.25) is 0 Å². The smallest absolute Gasteiger partial charge is 0.177 e. The van der Waals surface area contributed by atoms with Crippen LogP contribution in [0.3, 0.4) is 0 Å². The summed E-state index contributed by atoms with van der Waals surface area (Å²) >= 11 is 0. The summed E-state index contributed by atoms with van der Waals surface area (Å²) < 4.78 is 0. The van der Waals surface area contributed by atoms with Crippen molar-refractivity contribution in [1.29, 1.82) is 0 Å². The molecule has 22 heavy (non-hydrogen) atoms. The summed E-state index contributed by atoms with van der Waals surface area (Å²) in [5, 5.41) is 0. The Kier molecular flexibility index (Phi) is 17.5. The Morgan fingerprint density at radius 1 is 0.591 bits per heavy atom. The lowest BCUT2D eigenvalue weighted by Crippen LogP contribution is -1.85. The normalized spacial score (nSPS) is 11.7. The topological polar surface area (TPSA) is 17.1 Å². The van der Waals surface area contributed by atoms with E-state index in [0.717, 1.165) is 12.8 Å². The van der Waals surface area contributed by atoms with Gasteiger partial charge in [-0.1, -0.05) is 90.2 Å². The Balaban J connectivity index is 3.39. The Labute approximate surface area is 139 Å². The minimum atomic E-state index is 0.150. The Morgan fingerprint density at radius 3 is 1.36 bits per heavy atom. The molecule has 0 aromatic rings. The van der Waals surface area contributed by atoms with Crippen LogP contribution < -0.4 is 0 Å². The fourth-order valence-corrected chi connectivity index (χ4v) is 2.54. The van der Waals surface area contributed by atoms with E-state index in [1.165, 1.54) is 77.0 Å². The summed E-state index contributed by atoms with van der Waals surface area (Å²) in [5.74, 6) is 0.150. The first-order chi connectivity index (χ1) is 10.8. The first-order valence-electron chi connectivity index (χ1n) is 9.68. The highest BCUT2D eigenvalue weighted by Crippen LogP contribution is 2.08. The molecular weight excluding hydrogens is 268 g/mol. The molecule has 0 spiro atoms. The molecule has 0 aromatic heterocycles. The van der Waals surface area contributed by atoms with Crippen LogP contribution in [-0.4, -0.2) is 5.78 Å². The van der Waals surface area contributed by atoms with E-state index in [1.54, 1.807) is 12.2 Å². The molecule has 0 aliphatic carbocycles. The largest absolute Gasteiger partial charge is 0.290 e. The van der Waals surface area contributed by atoms with E-state index in [2.05, 4.69) is 13.8 Å². The van der Waals surface area contributed by atoms with Crippen LogP contribution in [0.4, 0.5) is 0 Å². The van der Waals surface area contributed by atoms with Crippen LogP contribution in [0.25, 0.3) is 0 Å². The number of carbonyl (C=O) groups is 1. The van der Waals surface area contributed by atoms with E-state index in [4.69, 9.17) is 0 Å². The van der Waals surface area contributed by atoms with Crippen LogP contribution in [0, 0.1) is 0 Å². The zero-order chi connectivity index (χ0) is 16.3. The zero-order valence-electron chi connectivity index (χ0n) is 15.1. The Bertz CT molecular complexity index is 260. The number of rotatable bonds is 16. The third-order valence-corrected chi connectivity index (χ3v) is 4.01. The fourth-order valence-electron chi connectivity index (χ4n) is 2.54. The molecule has 0 fully saturated rings. The second-order valence-corrected chi connectivity index (χ2v) is 6.32. The molecular formula is C21H38O. The third-order valence-electron chi connectivity index (χ3n) is 4.01. The molecule has 0 aliphatic heterocycles. The molecule has 0 aliphatic rings. The summed E-state index contributed by atoms with van der Waals surface area (Å²) in [5.41, 5.74) is 0. The summed E-state index contributed by atoms with van der Waals surface area (Å²) in [7, 11) is 0. The van der Waals surface area contributed by atoms with Crippen molar-refractivity contribution in [3.63, 3.8) is 0 Å². The molecule has 0 N–H and O–H groups in total. The van der Waals surface area contributed by atoms with Gasteiger partial charge in [0, 0.05) is 0 Å². The first kappa shape index (κ1) is 21.1. The quantitative estimate of drug-likeness (QED) is 0.218. The van der Waals surface area contributed by atoms with Crippen molar-refractivity contribution >= 4 is 5.78 Å². The van der Waals surface area contributed by atoms with Gasteiger partial charge in [0.15, 0.2) is 5.78 Å². The summed E-state index contributed by atoms with van der Waals surface area (Å²) in [6.07, 6.45) is 25.4. The zero-order valence-corrected chi connectivity index (χ0v) is 15.1. The summed E-state index contributed by atoms with van der Waals surface area (Å²) in [4.78, 5) is 11.6. The average Bonchev–Trinajstić information content (AvgIpc) is 2.52. The van der Waals surface area contributed by atoms with Crippen LogP contribution in [0.1, 0.15) is 104 Å². The van der Waals surface area contributed by atoms with E-state index in [9.17, 15) is 4.79 Å². The molecule has 0 unspecified atom stereocenters. The maximum Gasteiger partial charge on any atom is 0.177 e. The second kappa shape index (κ2) is 18.2. The number of unbranched alkanes of at least 4 members (excludes halogenated alkanes) is 12. The van der Waals surface area contributed by atoms with Gasteiger partial charge in [-0.25, -0.2) is 0 Å². The standard InChI is InChI=1S/C21H38O/c1-3-5-7-9-11-13-15-17-19-21(22)20-18-16-14-12-10-8-6-4-2/h17-20H,3-16H2,1-2H3/b19-17+,20-18+. The van der Waals surface area contributed by atoms with Gasteiger partial charge < -0.3 is 0 Å². The van der Waals surface area contributed by atoms with E-state index < -0.39 is 0 Å². The number of carbonyl (C=O) groups excluding carboxylic acids is 1. The van der Waals surface area contributed by atoms with Crippen molar-refractivity contribution in [3.8, 4) is 0 Å². The van der Waals surface area contributed by atoms with Crippen molar-refractivity contribution in [2.75, 3.05) is 0 Å². The van der Waals surface area contributed by atoms with Gasteiger partial charge in [0.1, 0.15) is 0 Å². The molecule has 0 bridgehead atoms. The van der Waals surface area contributed by atoms with Gasteiger partial charge in [0.25, 0.3) is 0 Å². The van der Waals surface area contributed by atoms with E-state index in [-0.39, 0.29) is 5.78 Å². The van der Waals surface area contributed by atoms with Gasteiger partial charge in [-0.05, 0) is 37.8 Å². The lowest BCUT2D eigenvalue weighted by molar-refractivity contribution is -0.110. The first-order valence-corrected chi connectivity index (χ1v) is 9.68. The molecule has 1 nitrogen and oxygen atoms in total.